The summed E-state index contributed by atoms with van der Waals surface area (Å²) in [4.78, 5) is 11.7. The van der Waals surface area contributed by atoms with Gasteiger partial charge in [0.25, 0.3) is 0 Å². The Labute approximate surface area is 283 Å². The second kappa shape index (κ2) is 37.8. The quantitative estimate of drug-likeness (QED) is 0.0590. The summed E-state index contributed by atoms with van der Waals surface area (Å²) in [6, 6.07) is -0.525. The second-order valence-corrected chi connectivity index (χ2v) is 14.4. The van der Waals surface area contributed by atoms with E-state index in [-0.39, 0.29) is 12.5 Å². The van der Waals surface area contributed by atoms with Crippen molar-refractivity contribution in [1.29, 1.82) is 0 Å². The van der Waals surface area contributed by atoms with E-state index in [1.165, 1.54) is 193 Å². The Morgan fingerprint density at radius 1 is 0.444 bits per heavy atom. The third kappa shape index (κ3) is 34.5. The average Bonchev–Trinajstić information content (AvgIpc) is 3.04. The van der Waals surface area contributed by atoms with Gasteiger partial charge in [-0.15, -0.1) is 0 Å². The molecule has 3 N–H and O–H groups in total. The van der Waals surface area contributed by atoms with Gasteiger partial charge in [0.1, 0.15) is 0 Å². The SMILES string of the molecule is CCCCCCCCCCCCCCCCCCCCCCCCCCCCCCCCCCC(O)C(CO)NC(=O)CCC. The van der Waals surface area contributed by atoms with Gasteiger partial charge in [-0.25, -0.2) is 0 Å². The molecule has 270 valence electrons. The molecule has 4 nitrogen and oxygen atoms in total. The molecule has 0 aromatic heterocycles. The zero-order valence-electron chi connectivity index (χ0n) is 30.9. The van der Waals surface area contributed by atoms with Gasteiger partial charge >= 0.3 is 0 Å². The third-order valence-electron chi connectivity index (χ3n) is 9.84. The number of nitrogens with one attached hydrogen (secondary N) is 1. The molecule has 0 saturated heterocycles. The highest BCUT2D eigenvalue weighted by molar-refractivity contribution is 5.76. The highest BCUT2D eigenvalue weighted by Crippen LogP contribution is 2.17. The molecule has 0 aromatic rings. The maximum Gasteiger partial charge on any atom is 0.220 e. The van der Waals surface area contributed by atoms with E-state index in [4.69, 9.17) is 0 Å². The van der Waals surface area contributed by atoms with Crippen molar-refractivity contribution in [1.82, 2.24) is 5.32 Å². The van der Waals surface area contributed by atoms with Crippen molar-refractivity contribution < 1.29 is 15.0 Å². The van der Waals surface area contributed by atoms with Crippen molar-refractivity contribution in [2.24, 2.45) is 0 Å². The van der Waals surface area contributed by atoms with Gasteiger partial charge in [0.2, 0.25) is 5.91 Å². The first-order chi connectivity index (χ1) is 22.2. The monoisotopic (exact) mass is 638 g/mol. The second-order valence-electron chi connectivity index (χ2n) is 14.4. The van der Waals surface area contributed by atoms with Gasteiger partial charge in [0, 0.05) is 6.42 Å². The molecule has 45 heavy (non-hydrogen) atoms. The number of carbonyl (C=O) groups excluding carboxylic acids is 1. The molecule has 0 spiro atoms. The van der Waals surface area contributed by atoms with Crippen LogP contribution in [0.1, 0.15) is 239 Å². The number of aliphatic hydroxyl groups is 2. The van der Waals surface area contributed by atoms with Gasteiger partial charge in [-0.05, 0) is 12.8 Å². The normalized spacial score (nSPS) is 12.9. The summed E-state index contributed by atoms with van der Waals surface area (Å²) in [5.74, 6) is -0.0818. The Kier molecular flexibility index (Phi) is 37.3. The molecule has 0 saturated carbocycles. The van der Waals surface area contributed by atoms with Gasteiger partial charge in [-0.3, -0.25) is 4.79 Å². The summed E-state index contributed by atoms with van der Waals surface area (Å²) in [6.07, 6.45) is 46.2. The van der Waals surface area contributed by atoms with E-state index in [1.54, 1.807) is 0 Å². The molecule has 1 amide bonds. The molecule has 0 heterocycles. The van der Waals surface area contributed by atoms with Crippen LogP contribution in [0.15, 0.2) is 0 Å². The molecule has 0 aliphatic carbocycles. The van der Waals surface area contributed by atoms with E-state index in [1.807, 2.05) is 6.92 Å². The molecular formula is C41H83NO3. The summed E-state index contributed by atoms with van der Waals surface area (Å²) >= 11 is 0. The van der Waals surface area contributed by atoms with Crippen molar-refractivity contribution in [2.45, 2.75) is 251 Å². The smallest absolute Gasteiger partial charge is 0.220 e. The van der Waals surface area contributed by atoms with Crippen molar-refractivity contribution in [3.8, 4) is 0 Å². The van der Waals surface area contributed by atoms with Crippen LogP contribution in [0.25, 0.3) is 0 Å². The van der Waals surface area contributed by atoms with Crippen LogP contribution < -0.4 is 5.32 Å². The zero-order chi connectivity index (χ0) is 32.9. The minimum Gasteiger partial charge on any atom is -0.394 e. The van der Waals surface area contributed by atoms with Crippen LogP contribution in [0.5, 0.6) is 0 Å². The summed E-state index contributed by atoms with van der Waals surface area (Å²) < 4.78 is 0. The molecule has 2 unspecified atom stereocenters. The first kappa shape index (κ1) is 44.4. The molecular weight excluding hydrogens is 554 g/mol. The molecule has 4 heteroatoms. The molecule has 0 radical (unpaired) electrons. The minimum atomic E-state index is -0.649. The van der Waals surface area contributed by atoms with Crippen LogP contribution >= 0.6 is 0 Å². The van der Waals surface area contributed by atoms with Gasteiger partial charge < -0.3 is 15.5 Å². The summed E-state index contributed by atoms with van der Waals surface area (Å²) in [5.41, 5.74) is 0. The average molecular weight is 638 g/mol. The van der Waals surface area contributed by atoms with Crippen LogP contribution in [0, 0.1) is 0 Å². The predicted molar refractivity (Wildman–Crippen MR) is 198 cm³/mol. The molecule has 0 rings (SSSR count). The first-order valence-corrected chi connectivity index (χ1v) is 20.7. The summed E-state index contributed by atoms with van der Waals surface area (Å²) in [6.45, 7) is 4.06. The number of unbranched alkanes of at least 4 members (excludes halogenated alkanes) is 31. The van der Waals surface area contributed by atoms with E-state index in [9.17, 15) is 15.0 Å². The highest BCUT2D eigenvalue weighted by Gasteiger charge is 2.19. The van der Waals surface area contributed by atoms with Crippen LogP contribution in [0.2, 0.25) is 0 Å². The number of amides is 1. The van der Waals surface area contributed by atoms with E-state index in [0.29, 0.717) is 12.8 Å². The molecule has 0 bridgehead atoms. The fraction of sp³-hybridized carbons (Fsp3) is 0.976. The Hall–Kier alpha value is -0.610. The maximum atomic E-state index is 11.7. The van der Waals surface area contributed by atoms with E-state index in [2.05, 4.69) is 12.2 Å². The number of carbonyl (C=O) groups is 1. The summed E-state index contributed by atoms with van der Waals surface area (Å²) in [7, 11) is 0. The largest absolute Gasteiger partial charge is 0.394 e. The Balaban J connectivity index is 3.20. The molecule has 0 aliphatic heterocycles. The lowest BCUT2D eigenvalue weighted by atomic mass is 10.0. The lowest BCUT2D eigenvalue weighted by Gasteiger charge is -2.22. The van der Waals surface area contributed by atoms with Crippen LogP contribution in [-0.2, 0) is 4.79 Å². The number of hydrogen-bond acceptors (Lipinski definition) is 3. The fourth-order valence-corrected chi connectivity index (χ4v) is 6.70. The molecule has 0 fully saturated rings. The molecule has 0 aromatic carbocycles. The Morgan fingerprint density at radius 3 is 0.956 bits per heavy atom. The summed E-state index contributed by atoms with van der Waals surface area (Å²) in [5, 5.41) is 22.5. The standard InChI is InChI=1S/C41H83NO3/c1-3-5-6-7-8-9-10-11-12-13-14-15-16-17-18-19-20-21-22-23-24-25-26-27-28-29-30-31-32-33-34-35-37-40(44)39(38-43)42-41(45)36-4-2/h39-40,43-44H,3-38H2,1-2H3,(H,42,45). The first-order valence-electron chi connectivity index (χ1n) is 20.7. The number of rotatable bonds is 38. The van der Waals surface area contributed by atoms with Crippen LogP contribution in [0.3, 0.4) is 0 Å². The fourth-order valence-electron chi connectivity index (χ4n) is 6.70. The topological polar surface area (TPSA) is 69.6 Å². The highest BCUT2D eigenvalue weighted by atomic mass is 16.3. The van der Waals surface area contributed by atoms with Gasteiger partial charge in [0.05, 0.1) is 18.8 Å². The van der Waals surface area contributed by atoms with Gasteiger partial charge in [-0.1, -0.05) is 219 Å². The van der Waals surface area contributed by atoms with E-state index < -0.39 is 12.1 Å². The maximum absolute atomic E-state index is 11.7. The lowest BCUT2D eigenvalue weighted by Crippen LogP contribution is -2.45. The zero-order valence-corrected chi connectivity index (χ0v) is 30.9. The lowest BCUT2D eigenvalue weighted by molar-refractivity contribution is -0.123. The number of hydrogen-bond donors (Lipinski definition) is 3. The Bertz CT molecular complexity index is 569. The van der Waals surface area contributed by atoms with Crippen molar-refractivity contribution in [3.05, 3.63) is 0 Å². The van der Waals surface area contributed by atoms with E-state index in [0.717, 1.165) is 19.3 Å². The van der Waals surface area contributed by atoms with Gasteiger partial charge in [0.15, 0.2) is 0 Å². The third-order valence-corrected chi connectivity index (χ3v) is 9.84. The van der Waals surface area contributed by atoms with Crippen LogP contribution in [0.4, 0.5) is 0 Å². The minimum absolute atomic E-state index is 0.0818. The number of aliphatic hydroxyl groups excluding tert-OH is 2. The molecule has 0 aliphatic rings. The van der Waals surface area contributed by atoms with Crippen LogP contribution in [-0.4, -0.2) is 34.9 Å². The molecule has 2 atom stereocenters. The van der Waals surface area contributed by atoms with Crippen molar-refractivity contribution >= 4 is 5.91 Å². The predicted octanol–water partition coefficient (Wildman–Crippen LogP) is 12.5. The van der Waals surface area contributed by atoms with Crippen molar-refractivity contribution in [2.75, 3.05) is 6.61 Å². The Morgan fingerprint density at radius 2 is 0.711 bits per heavy atom. The van der Waals surface area contributed by atoms with Crippen molar-refractivity contribution in [3.63, 3.8) is 0 Å². The van der Waals surface area contributed by atoms with Gasteiger partial charge in [-0.2, -0.15) is 0 Å². The van der Waals surface area contributed by atoms with E-state index >= 15 is 0 Å².